The molecule has 1 aromatic heterocycles. The second-order valence-electron chi connectivity index (χ2n) is 6.16. The number of hydrogen-bond acceptors (Lipinski definition) is 5. The fraction of sp³-hybridized carbons (Fsp3) is 0.150. The first kappa shape index (κ1) is 19.8. The average molecular weight is 415 g/mol. The van der Waals surface area contributed by atoms with Crippen LogP contribution in [-0.2, 0) is 0 Å². The molecule has 3 rings (SSSR count). The molecule has 0 aliphatic heterocycles. The molecule has 142 valence electrons. The van der Waals surface area contributed by atoms with Gasteiger partial charge in [0.2, 0.25) is 5.06 Å². The van der Waals surface area contributed by atoms with E-state index in [2.05, 4.69) is 15.4 Å². The molecule has 2 aromatic carbocycles. The van der Waals surface area contributed by atoms with Crippen molar-refractivity contribution in [3.8, 4) is 28.1 Å². The van der Waals surface area contributed by atoms with Crippen LogP contribution in [0.1, 0.15) is 11.1 Å². The third kappa shape index (κ3) is 4.14. The lowest BCUT2D eigenvalue weighted by Gasteiger charge is -2.10. The van der Waals surface area contributed by atoms with E-state index in [0.717, 1.165) is 17.1 Å². The zero-order valence-corrected chi connectivity index (χ0v) is 17.0. The molecule has 0 aliphatic carbocycles. The van der Waals surface area contributed by atoms with Gasteiger partial charge in [-0.1, -0.05) is 23.7 Å². The molecule has 0 saturated carbocycles. The summed E-state index contributed by atoms with van der Waals surface area (Å²) < 4.78 is 24.2. The molecule has 0 unspecified atom stereocenters. The molecule has 3 aromatic rings. The summed E-state index contributed by atoms with van der Waals surface area (Å²) >= 11 is 7.32. The van der Waals surface area contributed by atoms with Gasteiger partial charge in [0.1, 0.15) is 28.9 Å². The Bertz CT molecular complexity index is 1090. The minimum atomic E-state index is -0.451. The second kappa shape index (κ2) is 8.38. The number of aromatic nitrogens is 1. The largest absolute Gasteiger partial charge is 0.442 e. The SMILES string of the molecule is Cc1cc(Oc2snc(-c3ccccc3F)c2C#N)c(Cl)cc1/N=C\N(C)C. The summed E-state index contributed by atoms with van der Waals surface area (Å²) in [5.74, 6) is -0.0731. The lowest BCUT2D eigenvalue weighted by atomic mass is 10.1. The van der Waals surface area contributed by atoms with Crippen molar-refractivity contribution in [2.75, 3.05) is 14.1 Å². The number of rotatable bonds is 5. The molecular formula is C20H16ClFN4OS. The standard InChI is InChI=1S/C20H16ClFN4OS/c1-12-8-18(15(21)9-17(12)24-11-26(2)3)27-20-14(10-23)19(25-28-20)13-6-4-5-7-16(13)22/h4-9,11H,1-3H3/b24-11-. The maximum absolute atomic E-state index is 14.1. The highest BCUT2D eigenvalue weighted by atomic mass is 35.5. The van der Waals surface area contributed by atoms with Crippen molar-refractivity contribution in [3.63, 3.8) is 0 Å². The number of benzene rings is 2. The van der Waals surface area contributed by atoms with Gasteiger partial charge < -0.3 is 9.64 Å². The number of ether oxygens (including phenoxy) is 1. The smallest absolute Gasteiger partial charge is 0.218 e. The number of hydrogen-bond donors (Lipinski definition) is 0. The Balaban J connectivity index is 1.96. The summed E-state index contributed by atoms with van der Waals surface area (Å²) in [7, 11) is 3.75. The van der Waals surface area contributed by atoms with E-state index in [1.807, 2.05) is 25.9 Å². The van der Waals surface area contributed by atoms with Gasteiger partial charge in [-0.05, 0) is 36.8 Å². The summed E-state index contributed by atoms with van der Waals surface area (Å²) in [5, 5.41) is 10.2. The van der Waals surface area contributed by atoms with Crippen molar-refractivity contribution in [1.29, 1.82) is 5.26 Å². The van der Waals surface area contributed by atoms with Crippen molar-refractivity contribution < 1.29 is 9.13 Å². The Morgan fingerprint density at radius 3 is 2.75 bits per heavy atom. The van der Waals surface area contributed by atoms with E-state index in [1.165, 1.54) is 6.07 Å². The molecule has 0 spiro atoms. The Morgan fingerprint density at radius 2 is 2.07 bits per heavy atom. The maximum Gasteiger partial charge on any atom is 0.218 e. The Hall–Kier alpha value is -2.95. The van der Waals surface area contributed by atoms with Crippen LogP contribution in [0.15, 0.2) is 41.4 Å². The number of aliphatic imine (C=N–C) groups is 1. The van der Waals surface area contributed by atoms with E-state index in [0.29, 0.717) is 16.5 Å². The molecule has 28 heavy (non-hydrogen) atoms. The minimum Gasteiger partial charge on any atom is -0.442 e. The number of nitriles is 1. The molecule has 0 bridgehead atoms. The van der Waals surface area contributed by atoms with E-state index in [9.17, 15) is 9.65 Å². The molecular weight excluding hydrogens is 399 g/mol. The van der Waals surface area contributed by atoms with Crippen LogP contribution in [0.5, 0.6) is 10.8 Å². The Morgan fingerprint density at radius 1 is 1.32 bits per heavy atom. The third-order valence-corrected chi connectivity index (χ3v) is 4.80. The van der Waals surface area contributed by atoms with Gasteiger partial charge in [0, 0.05) is 31.2 Å². The summed E-state index contributed by atoms with van der Waals surface area (Å²) in [6.07, 6.45) is 1.68. The zero-order chi connectivity index (χ0) is 20.3. The van der Waals surface area contributed by atoms with Gasteiger partial charge in [-0.3, -0.25) is 0 Å². The fourth-order valence-electron chi connectivity index (χ4n) is 2.42. The van der Waals surface area contributed by atoms with Crippen LogP contribution >= 0.6 is 23.1 Å². The topological polar surface area (TPSA) is 61.5 Å². The lowest BCUT2D eigenvalue weighted by molar-refractivity contribution is 0.495. The molecule has 0 radical (unpaired) electrons. The van der Waals surface area contributed by atoms with Gasteiger partial charge in [-0.2, -0.15) is 9.64 Å². The highest BCUT2D eigenvalue weighted by Crippen LogP contribution is 2.40. The van der Waals surface area contributed by atoms with Crippen molar-refractivity contribution in [3.05, 3.63) is 58.4 Å². The van der Waals surface area contributed by atoms with Gasteiger partial charge >= 0.3 is 0 Å². The van der Waals surface area contributed by atoms with Crippen LogP contribution in [0.25, 0.3) is 11.3 Å². The predicted octanol–water partition coefficient (Wildman–Crippen LogP) is 5.80. The van der Waals surface area contributed by atoms with E-state index in [1.54, 1.807) is 36.7 Å². The van der Waals surface area contributed by atoms with E-state index >= 15 is 0 Å². The number of aryl methyl sites for hydroxylation is 1. The van der Waals surface area contributed by atoms with Crippen molar-refractivity contribution >= 4 is 35.2 Å². The van der Waals surface area contributed by atoms with E-state index in [4.69, 9.17) is 16.3 Å². The van der Waals surface area contributed by atoms with Gasteiger partial charge in [-0.25, -0.2) is 9.38 Å². The van der Waals surface area contributed by atoms with Gasteiger partial charge in [0.15, 0.2) is 0 Å². The zero-order valence-electron chi connectivity index (χ0n) is 15.4. The maximum atomic E-state index is 14.1. The quantitative estimate of drug-likeness (QED) is 0.391. The van der Waals surface area contributed by atoms with Crippen LogP contribution < -0.4 is 4.74 Å². The average Bonchev–Trinajstić information content (AvgIpc) is 3.06. The minimum absolute atomic E-state index is 0.165. The molecule has 0 amide bonds. The normalized spacial score (nSPS) is 10.9. The van der Waals surface area contributed by atoms with Crippen LogP contribution in [0.3, 0.4) is 0 Å². The van der Waals surface area contributed by atoms with Crippen molar-refractivity contribution in [2.45, 2.75) is 6.92 Å². The highest BCUT2D eigenvalue weighted by Gasteiger charge is 2.20. The molecule has 8 heteroatoms. The molecule has 0 N–H and O–H groups in total. The fourth-order valence-corrected chi connectivity index (χ4v) is 3.34. The Kier molecular flexibility index (Phi) is 5.93. The van der Waals surface area contributed by atoms with E-state index < -0.39 is 5.82 Å². The summed E-state index contributed by atoms with van der Waals surface area (Å²) in [6.45, 7) is 1.88. The predicted molar refractivity (Wildman–Crippen MR) is 110 cm³/mol. The Labute approximate surface area is 171 Å². The third-order valence-electron chi connectivity index (χ3n) is 3.78. The molecule has 0 atom stereocenters. The van der Waals surface area contributed by atoms with Crippen LogP contribution in [0.4, 0.5) is 10.1 Å². The summed E-state index contributed by atoms with van der Waals surface area (Å²) in [6, 6.07) is 11.7. The monoisotopic (exact) mass is 414 g/mol. The first-order valence-corrected chi connectivity index (χ1v) is 9.39. The second-order valence-corrected chi connectivity index (χ2v) is 7.31. The van der Waals surface area contributed by atoms with Gasteiger partial charge in [-0.15, -0.1) is 0 Å². The van der Waals surface area contributed by atoms with Crippen LogP contribution in [0, 0.1) is 24.1 Å². The summed E-state index contributed by atoms with van der Waals surface area (Å²) in [4.78, 5) is 6.18. The molecule has 1 heterocycles. The highest BCUT2D eigenvalue weighted by molar-refractivity contribution is 7.08. The number of nitrogens with zero attached hydrogens (tertiary/aromatic N) is 4. The molecule has 0 fully saturated rings. The number of halogens is 2. The molecule has 0 aliphatic rings. The van der Waals surface area contributed by atoms with Gasteiger partial charge in [0.05, 0.1) is 17.0 Å². The van der Waals surface area contributed by atoms with Crippen molar-refractivity contribution in [1.82, 2.24) is 9.27 Å². The summed E-state index contributed by atoms with van der Waals surface area (Å²) in [5.41, 5.74) is 2.23. The van der Waals surface area contributed by atoms with Gasteiger partial charge in [0.25, 0.3) is 0 Å². The van der Waals surface area contributed by atoms with Crippen LogP contribution in [-0.4, -0.2) is 29.7 Å². The molecule has 5 nitrogen and oxygen atoms in total. The molecule has 0 saturated heterocycles. The first-order chi connectivity index (χ1) is 13.4. The van der Waals surface area contributed by atoms with E-state index in [-0.39, 0.29) is 21.9 Å². The first-order valence-electron chi connectivity index (χ1n) is 8.24. The van der Waals surface area contributed by atoms with Crippen LogP contribution in [0.2, 0.25) is 5.02 Å². The lowest BCUT2D eigenvalue weighted by Crippen LogP contribution is -2.07. The van der Waals surface area contributed by atoms with Crippen molar-refractivity contribution in [2.24, 2.45) is 4.99 Å².